The maximum absolute atomic E-state index is 12.5. The summed E-state index contributed by atoms with van der Waals surface area (Å²) in [7, 11) is 0. The molecule has 1 atom stereocenters. The van der Waals surface area contributed by atoms with Gasteiger partial charge in [0, 0.05) is 17.5 Å². The molecule has 1 N–H and O–H groups in total. The third-order valence-corrected chi connectivity index (χ3v) is 6.26. The number of piperidine rings is 3. The molecule has 3 aliphatic heterocycles. The number of carbonyl (C=O) groups is 1. The van der Waals surface area contributed by atoms with E-state index in [1.165, 1.54) is 24.6 Å². The predicted octanol–water partition coefficient (Wildman–Crippen LogP) is 3.91. The van der Waals surface area contributed by atoms with E-state index in [9.17, 15) is 4.79 Å². The Balaban J connectivity index is 1.41. The Morgan fingerprint density at radius 3 is 2.71 bits per heavy atom. The van der Waals surface area contributed by atoms with Gasteiger partial charge < -0.3 is 14.6 Å². The zero-order valence-corrected chi connectivity index (χ0v) is 14.8. The van der Waals surface area contributed by atoms with Crippen LogP contribution in [0.2, 0.25) is 5.02 Å². The number of amides is 1. The van der Waals surface area contributed by atoms with E-state index < -0.39 is 0 Å². The molecular formula is C18H19ClN2O2S. The zero-order valence-electron chi connectivity index (χ0n) is 13.2. The van der Waals surface area contributed by atoms with Crippen molar-refractivity contribution in [1.29, 1.82) is 0 Å². The predicted molar refractivity (Wildman–Crippen MR) is 94.7 cm³/mol. The van der Waals surface area contributed by atoms with Crippen LogP contribution in [0.4, 0.5) is 0 Å². The van der Waals surface area contributed by atoms with E-state index in [0.29, 0.717) is 21.8 Å². The lowest BCUT2D eigenvalue weighted by molar-refractivity contribution is 0.0603. The first-order chi connectivity index (χ1) is 11.7. The summed E-state index contributed by atoms with van der Waals surface area (Å²) in [5, 5.41) is 4.49. The molecule has 0 radical (unpaired) electrons. The lowest BCUT2D eigenvalue weighted by Crippen LogP contribution is -2.57. The van der Waals surface area contributed by atoms with E-state index in [-0.39, 0.29) is 11.9 Å². The summed E-state index contributed by atoms with van der Waals surface area (Å²) in [5.74, 6) is 0.839. The van der Waals surface area contributed by atoms with Crippen LogP contribution in [0, 0.1) is 5.92 Å². The number of carbonyl (C=O) groups excluding carboxylic acids is 1. The quantitative estimate of drug-likeness (QED) is 0.895. The highest BCUT2D eigenvalue weighted by Crippen LogP contribution is 2.34. The molecule has 1 aromatic carbocycles. The summed E-state index contributed by atoms with van der Waals surface area (Å²) in [6, 6.07) is 11.4. The van der Waals surface area contributed by atoms with Crippen molar-refractivity contribution >= 4 is 29.3 Å². The number of nitrogens with zero attached hydrogens (tertiary/aromatic N) is 1. The van der Waals surface area contributed by atoms with Gasteiger partial charge in [0.1, 0.15) is 0 Å². The fourth-order valence-corrected chi connectivity index (χ4v) is 4.55. The average Bonchev–Trinajstić information content (AvgIpc) is 3.07. The van der Waals surface area contributed by atoms with Crippen LogP contribution in [0.5, 0.6) is 0 Å². The summed E-state index contributed by atoms with van der Waals surface area (Å²) in [6.45, 7) is 3.28. The van der Waals surface area contributed by atoms with Crippen LogP contribution in [0.25, 0.3) is 0 Å². The Kier molecular flexibility index (Phi) is 4.57. The molecule has 2 aromatic rings. The number of benzene rings is 1. The van der Waals surface area contributed by atoms with E-state index >= 15 is 0 Å². The summed E-state index contributed by atoms with van der Waals surface area (Å²) in [6.07, 6.45) is 2.35. The molecule has 5 rings (SSSR count). The second kappa shape index (κ2) is 6.82. The van der Waals surface area contributed by atoms with Crippen molar-refractivity contribution in [1.82, 2.24) is 10.2 Å². The third kappa shape index (κ3) is 3.34. The van der Waals surface area contributed by atoms with E-state index in [1.54, 1.807) is 6.07 Å². The minimum atomic E-state index is -0.125. The summed E-state index contributed by atoms with van der Waals surface area (Å²) < 4.78 is 5.70. The van der Waals surface area contributed by atoms with Crippen molar-refractivity contribution in [3.63, 3.8) is 0 Å². The Morgan fingerprint density at radius 1 is 1.21 bits per heavy atom. The van der Waals surface area contributed by atoms with Gasteiger partial charge >= 0.3 is 0 Å². The number of furan rings is 1. The highest BCUT2D eigenvalue weighted by atomic mass is 35.5. The Bertz CT molecular complexity index is 740. The molecule has 3 aliphatic rings. The van der Waals surface area contributed by atoms with Gasteiger partial charge in [-0.05, 0) is 56.1 Å². The highest BCUT2D eigenvalue weighted by molar-refractivity contribution is 7.99. The Labute approximate surface area is 150 Å². The zero-order chi connectivity index (χ0) is 16.5. The van der Waals surface area contributed by atoms with Gasteiger partial charge in [0.15, 0.2) is 10.9 Å². The standard InChI is InChI=1S/C18H19ClN2O2S/c19-13-3-1-2-4-16(13)24-17-6-5-15(23-17)18(22)20-14-11-21-9-7-12(14)8-10-21/h1-6,12,14H,7-11H2,(H,20,22)/t14-/m0/s1. The van der Waals surface area contributed by atoms with Crippen LogP contribution < -0.4 is 5.32 Å². The lowest BCUT2D eigenvalue weighted by atomic mass is 9.84. The topological polar surface area (TPSA) is 45.5 Å². The number of fused-ring (bicyclic) bond motifs is 3. The first-order valence-electron chi connectivity index (χ1n) is 8.24. The molecule has 0 unspecified atom stereocenters. The van der Waals surface area contributed by atoms with Gasteiger partial charge in [-0.15, -0.1) is 0 Å². The molecule has 3 saturated heterocycles. The van der Waals surface area contributed by atoms with Crippen LogP contribution >= 0.6 is 23.4 Å². The van der Waals surface area contributed by atoms with Crippen LogP contribution in [0.3, 0.4) is 0 Å². The van der Waals surface area contributed by atoms with Gasteiger partial charge in [0.05, 0.1) is 5.02 Å². The average molecular weight is 363 g/mol. The maximum Gasteiger partial charge on any atom is 0.287 e. The smallest absolute Gasteiger partial charge is 0.287 e. The van der Waals surface area contributed by atoms with Crippen molar-refractivity contribution < 1.29 is 9.21 Å². The molecule has 0 aliphatic carbocycles. The van der Waals surface area contributed by atoms with Crippen LogP contribution in [-0.2, 0) is 0 Å². The van der Waals surface area contributed by atoms with Gasteiger partial charge in [0.25, 0.3) is 5.91 Å². The first kappa shape index (κ1) is 16.1. The number of hydrogen-bond donors (Lipinski definition) is 1. The minimum Gasteiger partial charge on any atom is -0.444 e. The summed E-state index contributed by atoms with van der Waals surface area (Å²) >= 11 is 7.59. The monoisotopic (exact) mass is 362 g/mol. The van der Waals surface area contributed by atoms with Crippen molar-refractivity contribution in [2.24, 2.45) is 5.92 Å². The minimum absolute atomic E-state index is 0.125. The maximum atomic E-state index is 12.5. The molecule has 6 heteroatoms. The number of nitrogens with one attached hydrogen (secondary N) is 1. The molecule has 0 spiro atoms. The third-order valence-electron chi connectivity index (χ3n) is 4.82. The van der Waals surface area contributed by atoms with E-state index in [0.717, 1.165) is 24.5 Å². The number of halogens is 1. The molecule has 4 heterocycles. The highest BCUT2D eigenvalue weighted by Gasteiger charge is 2.35. The summed E-state index contributed by atoms with van der Waals surface area (Å²) in [4.78, 5) is 15.8. The molecule has 126 valence electrons. The lowest BCUT2D eigenvalue weighted by Gasteiger charge is -2.44. The van der Waals surface area contributed by atoms with Crippen molar-refractivity contribution in [3.05, 3.63) is 47.2 Å². The summed E-state index contributed by atoms with van der Waals surface area (Å²) in [5.41, 5.74) is 0. The molecule has 4 nitrogen and oxygen atoms in total. The fourth-order valence-electron chi connectivity index (χ4n) is 3.50. The van der Waals surface area contributed by atoms with Crippen LogP contribution in [-0.4, -0.2) is 36.5 Å². The molecule has 24 heavy (non-hydrogen) atoms. The number of hydrogen-bond acceptors (Lipinski definition) is 4. The van der Waals surface area contributed by atoms with Crippen molar-refractivity contribution in [3.8, 4) is 0 Å². The largest absolute Gasteiger partial charge is 0.444 e. The van der Waals surface area contributed by atoms with E-state index in [2.05, 4.69) is 10.2 Å². The molecule has 1 aromatic heterocycles. The van der Waals surface area contributed by atoms with Gasteiger partial charge in [-0.25, -0.2) is 0 Å². The van der Waals surface area contributed by atoms with Crippen LogP contribution in [0.1, 0.15) is 23.4 Å². The second-order valence-corrected chi connectivity index (χ2v) is 7.82. The van der Waals surface area contributed by atoms with E-state index in [1.807, 2.05) is 30.3 Å². The van der Waals surface area contributed by atoms with Gasteiger partial charge in [0.2, 0.25) is 0 Å². The molecule has 3 fully saturated rings. The van der Waals surface area contributed by atoms with Gasteiger partial charge in [-0.1, -0.05) is 35.5 Å². The Hall–Kier alpha value is -1.43. The van der Waals surface area contributed by atoms with Gasteiger partial charge in [-0.2, -0.15) is 0 Å². The second-order valence-electron chi connectivity index (χ2n) is 6.37. The molecular weight excluding hydrogens is 344 g/mol. The van der Waals surface area contributed by atoms with Crippen LogP contribution in [0.15, 0.2) is 50.8 Å². The molecule has 1 amide bonds. The normalized spacial score (nSPS) is 25.6. The first-order valence-corrected chi connectivity index (χ1v) is 9.44. The van der Waals surface area contributed by atoms with Gasteiger partial charge in [-0.3, -0.25) is 4.79 Å². The molecule has 0 saturated carbocycles. The van der Waals surface area contributed by atoms with Crippen molar-refractivity contribution in [2.45, 2.75) is 28.9 Å². The van der Waals surface area contributed by atoms with Crippen molar-refractivity contribution in [2.75, 3.05) is 19.6 Å². The SMILES string of the molecule is O=C(N[C@H]1CN2CCC1CC2)c1ccc(Sc2ccccc2Cl)o1. The molecule has 2 bridgehead atoms. The van der Waals surface area contributed by atoms with E-state index in [4.69, 9.17) is 16.0 Å². The number of rotatable bonds is 4. The fraction of sp³-hybridized carbons (Fsp3) is 0.389. The Morgan fingerprint density at radius 2 is 2.00 bits per heavy atom.